The van der Waals surface area contributed by atoms with Crippen LogP contribution in [0.4, 0.5) is 0 Å². The molecule has 0 saturated heterocycles. The van der Waals surface area contributed by atoms with Gasteiger partial charge in [-0.1, -0.05) is 56.3 Å². The van der Waals surface area contributed by atoms with E-state index in [0.717, 1.165) is 6.54 Å². The Morgan fingerprint density at radius 1 is 0.895 bits per heavy atom. The lowest BCUT2D eigenvalue weighted by Crippen LogP contribution is -2.26. The number of hydrogen-bond donors (Lipinski definition) is 2. The highest BCUT2D eigenvalue weighted by Gasteiger charge is 2.13. The van der Waals surface area contributed by atoms with Crippen LogP contribution < -0.4 is 5.32 Å². The molecule has 0 aliphatic rings. The van der Waals surface area contributed by atoms with Gasteiger partial charge in [0.15, 0.2) is 0 Å². The monoisotopic (exact) mass is 255 g/mol. The first-order valence-corrected chi connectivity index (χ1v) is 6.74. The molecule has 0 spiro atoms. The van der Waals surface area contributed by atoms with Gasteiger partial charge in [0.05, 0.1) is 6.04 Å². The molecule has 2 N–H and O–H groups in total. The number of benzene rings is 2. The molecule has 0 aliphatic carbocycles. The van der Waals surface area contributed by atoms with Crippen LogP contribution in [0.25, 0.3) is 0 Å². The Hall–Kier alpha value is -1.80. The van der Waals surface area contributed by atoms with Gasteiger partial charge in [-0.2, -0.15) is 0 Å². The molecule has 0 amide bonds. The second-order valence-corrected chi connectivity index (χ2v) is 5.24. The fraction of sp³-hybridized carbons (Fsp3) is 0.294. The molecule has 0 bridgehead atoms. The Balaban J connectivity index is 2.26. The van der Waals surface area contributed by atoms with Crippen molar-refractivity contribution in [3.8, 4) is 5.75 Å². The Kier molecular flexibility index (Phi) is 4.58. The van der Waals surface area contributed by atoms with E-state index in [1.807, 2.05) is 18.2 Å². The fourth-order valence-corrected chi connectivity index (χ4v) is 2.09. The molecule has 0 radical (unpaired) electrons. The molecule has 0 aromatic heterocycles. The topological polar surface area (TPSA) is 32.3 Å². The molecule has 100 valence electrons. The summed E-state index contributed by atoms with van der Waals surface area (Å²) in [5, 5.41) is 13.0. The van der Waals surface area contributed by atoms with E-state index in [2.05, 4.69) is 43.4 Å². The molecule has 0 saturated carbocycles. The van der Waals surface area contributed by atoms with Gasteiger partial charge in [0, 0.05) is 0 Å². The van der Waals surface area contributed by atoms with Crippen LogP contribution >= 0.6 is 0 Å². The Morgan fingerprint density at radius 3 is 2.05 bits per heavy atom. The first-order valence-electron chi connectivity index (χ1n) is 6.74. The van der Waals surface area contributed by atoms with E-state index in [9.17, 15) is 5.11 Å². The smallest absolute Gasteiger partial charge is 0.115 e. The number of hydrogen-bond acceptors (Lipinski definition) is 2. The second kappa shape index (κ2) is 6.39. The zero-order valence-corrected chi connectivity index (χ0v) is 11.5. The van der Waals surface area contributed by atoms with Crippen LogP contribution in [-0.2, 0) is 0 Å². The maximum atomic E-state index is 9.41. The summed E-state index contributed by atoms with van der Waals surface area (Å²) in [6.45, 7) is 5.36. The average molecular weight is 255 g/mol. The minimum atomic E-state index is 0.171. The van der Waals surface area contributed by atoms with E-state index in [-0.39, 0.29) is 6.04 Å². The van der Waals surface area contributed by atoms with Crippen molar-refractivity contribution in [2.24, 2.45) is 5.92 Å². The van der Waals surface area contributed by atoms with Crippen LogP contribution in [-0.4, -0.2) is 11.7 Å². The SMILES string of the molecule is CC(C)CNC(c1ccccc1)c1ccc(O)cc1. The molecular weight excluding hydrogens is 234 g/mol. The Bertz CT molecular complexity index is 490. The van der Waals surface area contributed by atoms with Gasteiger partial charge in [-0.05, 0) is 35.7 Å². The molecule has 0 fully saturated rings. The summed E-state index contributed by atoms with van der Waals surface area (Å²) in [6, 6.07) is 18.0. The van der Waals surface area contributed by atoms with Gasteiger partial charge >= 0.3 is 0 Å². The maximum Gasteiger partial charge on any atom is 0.115 e. The lowest BCUT2D eigenvalue weighted by atomic mass is 9.98. The summed E-state index contributed by atoms with van der Waals surface area (Å²) < 4.78 is 0. The van der Waals surface area contributed by atoms with Crippen LogP contribution in [0, 0.1) is 5.92 Å². The standard InChI is InChI=1S/C17H21NO/c1-13(2)12-18-17(14-6-4-3-5-7-14)15-8-10-16(19)11-9-15/h3-11,13,17-19H,12H2,1-2H3. The van der Waals surface area contributed by atoms with Crippen molar-refractivity contribution in [2.75, 3.05) is 6.54 Å². The molecule has 0 aliphatic heterocycles. The van der Waals surface area contributed by atoms with Crippen molar-refractivity contribution in [1.82, 2.24) is 5.32 Å². The van der Waals surface area contributed by atoms with Gasteiger partial charge in [-0.3, -0.25) is 0 Å². The van der Waals surface area contributed by atoms with Crippen molar-refractivity contribution in [1.29, 1.82) is 0 Å². The molecule has 2 aromatic carbocycles. The number of nitrogens with one attached hydrogen (secondary N) is 1. The van der Waals surface area contributed by atoms with Crippen molar-refractivity contribution >= 4 is 0 Å². The fourth-order valence-electron chi connectivity index (χ4n) is 2.09. The van der Waals surface area contributed by atoms with E-state index in [1.54, 1.807) is 12.1 Å². The summed E-state index contributed by atoms with van der Waals surface area (Å²) in [5.41, 5.74) is 2.42. The van der Waals surface area contributed by atoms with Crippen molar-refractivity contribution in [3.05, 3.63) is 65.7 Å². The quantitative estimate of drug-likeness (QED) is 0.853. The summed E-state index contributed by atoms with van der Waals surface area (Å²) >= 11 is 0. The van der Waals surface area contributed by atoms with Gasteiger partial charge in [0.2, 0.25) is 0 Å². The zero-order chi connectivity index (χ0) is 13.7. The maximum absolute atomic E-state index is 9.41. The highest BCUT2D eigenvalue weighted by atomic mass is 16.3. The molecule has 2 rings (SSSR count). The number of rotatable bonds is 5. The van der Waals surface area contributed by atoms with E-state index in [1.165, 1.54) is 11.1 Å². The molecule has 2 heteroatoms. The van der Waals surface area contributed by atoms with E-state index in [0.29, 0.717) is 11.7 Å². The number of phenolic OH excluding ortho intramolecular Hbond substituents is 1. The van der Waals surface area contributed by atoms with Crippen LogP contribution in [0.3, 0.4) is 0 Å². The normalized spacial score (nSPS) is 12.6. The molecule has 19 heavy (non-hydrogen) atoms. The molecule has 2 aromatic rings. The minimum Gasteiger partial charge on any atom is -0.508 e. The number of aromatic hydroxyl groups is 1. The van der Waals surface area contributed by atoms with Crippen molar-refractivity contribution in [2.45, 2.75) is 19.9 Å². The predicted molar refractivity (Wildman–Crippen MR) is 79.2 cm³/mol. The third-order valence-electron chi connectivity index (χ3n) is 3.09. The largest absolute Gasteiger partial charge is 0.508 e. The first-order chi connectivity index (χ1) is 9.16. The third-order valence-corrected chi connectivity index (χ3v) is 3.09. The summed E-state index contributed by atoms with van der Waals surface area (Å²) in [4.78, 5) is 0. The van der Waals surface area contributed by atoms with E-state index in [4.69, 9.17) is 0 Å². The highest BCUT2D eigenvalue weighted by molar-refractivity contribution is 5.34. The van der Waals surface area contributed by atoms with Crippen LogP contribution in [0.5, 0.6) is 5.75 Å². The van der Waals surface area contributed by atoms with Crippen molar-refractivity contribution < 1.29 is 5.11 Å². The zero-order valence-electron chi connectivity index (χ0n) is 11.5. The Labute approximate surface area is 115 Å². The highest BCUT2D eigenvalue weighted by Crippen LogP contribution is 2.23. The summed E-state index contributed by atoms with van der Waals surface area (Å²) in [5.74, 6) is 0.905. The lowest BCUT2D eigenvalue weighted by Gasteiger charge is -2.21. The molecule has 0 heterocycles. The summed E-state index contributed by atoms with van der Waals surface area (Å²) in [7, 11) is 0. The van der Waals surface area contributed by atoms with Crippen LogP contribution in [0.15, 0.2) is 54.6 Å². The first kappa shape index (κ1) is 13.6. The van der Waals surface area contributed by atoms with Gasteiger partial charge in [-0.25, -0.2) is 0 Å². The number of phenols is 1. The third kappa shape index (κ3) is 3.83. The van der Waals surface area contributed by atoms with Gasteiger partial charge in [-0.15, -0.1) is 0 Å². The second-order valence-electron chi connectivity index (χ2n) is 5.24. The molecule has 2 nitrogen and oxygen atoms in total. The minimum absolute atomic E-state index is 0.171. The molecular formula is C17H21NO. The molecule has 1 atom stereocenters. The summed E-state index contributed by atoms with van der Waals surface area (Å²) in [6.07, 6.45) is 0. The average Bonchev–Trinajstić information content (AvgIpc) is 2.42. The van der Waals surface area contributed by atoms with Gasteiger partial charge in [0.25, 0.3) is 0 Å². The lowest BCUT2D eigenvalue weighted by molar-refractivity contribution is 0.474. The van der Waals surface area contributed by atoms with Crippen LogP contribution in [0.2, 0.25) is 0 Å². The van der Waals surface area contributed by atoms with Crippen LogP contribution in [0.1, 0.15) is 31.0 Å². The van der Waals surface area contributed by atoms with E-state index >= 15 is 0 Å². The molecule has 1 unspecified atom stereocenters. The predicted octanol–water partition coefficient (Wildman–Crippen LogP) is 3.73. The van der Waals surface area contributed by atoms with Crippen molar-refractivity contribution in [3.63, 3.8) is 0 Å². The van der Waals surface area contributed by atoms with Gasteiger partial charge < -0.3 is 10.4 Å². The van der Waals surface area contributed by atoms with Gasteiger partial charge in [0.1, 0.15) is 5.75 Å². The van der Waals surface area contributed by atoms with E-state index < -0.39 is 0 Å². The Morgan fingerprint density at radius 2 is 1.47 bits per heavy atom.